The molecule has 0 N–H and O–H groups in total. The molecule has 0 aliphatic heterocycles. The van der Waals surface area contributed by atoms with E-state index >= 15 is 0 Å². The molecule has 0 saturated heterocycles. The van der Waals surface area contributed by atoms with Crippen LogP contribution in [0.3, 0.4) is 0 Å². The molecule has 0 saturated carbocycles. The second-order valence-corrected chi connectivity index (χ2v) is 3.01. The van der Waals surface area contributed by atoms with E-state index < -0.39 is 0 Å². The van der Waals surface area contributed by atoms with Gasteiger partial charge in [0.1, 0.15) is 0 Å². The lowest BCUT2D eigenvalue weighted by molar-refractivity contribution is 0.911. The highest BCUT2D eigenvalue weighted by Gasteiger charge is 1.92. The van der Waals surface area contributed by atoms with E-state index in [1.807, 2.05) is 5.55 Å². The monoisotopic (exact) mass is 131 g/mol. The SMILES string of the molecule is CCC(C)SC=NC. The molecule has 48 valence electrons. The van der Waals surface area contributed by atoms with Crippen LogP contribution in [-0.2, 0) is 0 Å². The Balaban J connectivity index is 3.10. The third kappa shape index (κ3) is 4.19. The quantitative estimate of drug-likeness (QED) is 0.422. The number of hydrogen-bond donors (Lipinski definition) is 0. The predicted octanol–water partition coefficient (Wildman–Crippen LogP) is 2.18. The predicted molar refractivity (Wildman–Crippen MR) is 41.8 cm³/mol. The number of nitrogens with zero attached hydrogens (tertiary/aromatic N) is 1. The summed E-state index contributed by atoms with van der Waals surface area (Å²) < 4.78 is 0. The first-order valence-corrected chi connectivity index (χ1v) is 3.81. The number of aliphatic imine (C=N–C) groups is 1. The largest absolute Gasteiger partial charge is 0.290 e. The van der Waals surface area contributed by atoms with Crippen LogP contribution in [0.4, 0.5) is 0 Å². The van der Waals surface area contributed by atoms with E-state index in [1.54, 1.807) is 18.8 Å². The van der Waals surface area contributed by atoms with E-state index in [9.17, 15) is 0 Å². The van der Waals surface area contributed by atoms with Crippen LogP contribution in [-0.4, -0.2) is 17.8 Å². The molecule has 2 heteroatoms. The van der Waals surface area contributed by atoms with Crippen LogP contribution in [0.1, 0.15) is 20.3 Å². The van der Waals surface area contributed by atoms with Crippen molar-refractivity contribution in [3.63, 3.8) is 0 Å². The van der Waals surface area contributed by atoms with Crippen molar-refractivity contribution in [1.29, 1.82) is 0 Å². The van der Waals surface area contributed by atoms with Gasteiger partial charge in [0.05, 0.1) is 5.55 Å². The van der Waals surface area contributed by atoms with Gasteiger partial charge < -0.3 is 0 Å². The molecule has 0 amide bonds. The van der Waals surface area contributed by atoms with Gasteiger partial charge in [0, 0.05) is 12.3 Å². The van der Waals surface area contributed by atoms with Crippen molar-refractivity contribution in [2.45, 2.75) is 25.5 Å². The maximum atomic E-state index is 3.86. The standard InChI is InChI=1S/C6H13NS/c1-4-6(2)8-5-7-3/h5-6H,4H2,1-3H3. The molecule has 1 atom stereocenters. The average Bonchev–Trinajstić information content (AvgIpc) is 1.83. The normalized spacial score (nSPS) is 14.9. The maximum Gasteiger partial charge on any atom is 0.0540 e. The van der Waals surface area contributed by atoms with Crippen LogP contribution in [0, 0.1) is 0 Å². The molecule has 8 heavy (non-hydrogen) atoms. The van der Waals surface area contributed by atoms with Crippen molar-refractivity contribution >= 4 is 17.3 Å². The molecular formula is C6H13NS. The Labute approximate surface area is 55.6 Å². The minimum absolute atomic E-state index is 0.721. The van der Waals surface area contributed by atoms with Gasteiger partial charge in [-0.1, -0.05) is 13.8 Å². The molecule has 0 fully saturated rings. The summed E-state index contributed by atoms with van der Waals surface area (Å²) in [5, 5.41) is 0.721. The third-order valence-electron chi connectivity index (χ3n) is 0.973. The Bertz CT molecular complexity index is 70.9. The lowest BCUT2D eigenvalue weighted by Gasteiger charge is -1.99. The third-order valence-corrected chi connectivity index (χ3v) is 2.10. The maximum absolute atomic E-state index is 3.86. The van der Waals surface area contributed by atoms with E-state index in [-0.39, 0.29) is 0 Å². The van der Waals surface area contributed by atoms with Gasteiger partial charge in [0.15, 0.2) is 0 Å². The highest BCUT2D eigenvalue weighted by atomic mass is 32.2. The van der Waals surface area contributed by atoms with Gasteiger partial charge >= 0.3 is 0 Å². The summed E-state index contributed by atoms with van der Waals surface area (Å²) in [5.74, 6) is 0. The summed E-state index contributed by atoms with van der Waals surface area (Å²) >= 11 is 1.78. The second kappa shape index (κ2) is 5.16. The molecule has 0 bridgehead atoms. The Hall–Kier alpha value is 0.0200. The molecule has 0 heterocycles. The van der Waals surface area contributed by atoms with Crippen molar-refractivity contribution < 1.29 is 0 Å². The fraction of sp³-hybridized carbons (Fsp3) is 0.833. The zero-order chi connectivity index (χ0) is 6.41. The fourth-order valence-electron chi connectivity index (χ4n) is 0.261. The van der Waals surface area contributed by atoms with Gasteiger partial charge in [-0.15, -0.1) is 11.8 Å². The van der Waals surface area contributed by atoms with Crippen LogP contribution in [0.15, 0.2) is 4.99 Å². The summed E-state index contributed by atoms with van der Waals surface area (Å²) in [6.07, 6.45) is 1.22. The lowest BCUT2D eigenvalue weighted by Crippen LogP contribution is -1.90. The average molecular weight is 131 g/mol. The van der Waals surface area contributed by atoms with Gasteiger partial charge in [-0.3, -0.25) is 4.99 Å². The van der Waals surface area contributed by atoms with E-state index in [2.05, 4.69) is 18.8 Å². The van der Waals surface area contributed by atoms with Crippen LogP contribution in [0.2, 0.25) is 0 Å². The first-order valence-electron chi connectivity index (χ1n) is 2.87. The van der Waals surface area contributed by atoms with Crippen molar-refractivity contribution in [3.05, 3.63) is 0 Å². The fourth-order valence-corrected chi connectivity index (χ4v) is 0.783. The first-order chi connectivity index (χ1) is 3.81. The molecule has 0 aliphatic carbocycles. The Morgan fingerprint density at radius 2 is 2.38 bits per heavy atom. The number of rotatable bonds is 3. The van der Waals surface area contributed by atoms with Crippen LogP contribution in [0.5, 0.6) is 0 Å². The first kappa shape index (κ1) is 8.02. The van der Waals surface area contributed by atoms with E-state index in [0.29, 0.717) is 0 Å². The van der Waals surface area contributed by atoms with Crippen LogP contribution >= 0.6 is 11.8 Å². The topological polar surface area (TPSA) is 12.4 Å². The molecule has 0 rings (SSSR count). The summed E-state index contributed by atoms with van der Waals surface area (Å²) in [5.41, 5.74) is 1.90. The molecular weight excluding hydrogens is 118 g/mol. The Morgan fingerprint density at radius 3 is 2.75 bits per heavy atom. The molecule has 1 nitrogen and oxygen atoms in total. The van der Waals surface area contributed by atoms with Crippen molar-refractivity contribution in [3.8, 4) is 0 Å². The molecule has 0 aliphatic rings. The highest BCUT2D eigenvalue weighted by Crippen LogP contribution is 2.08. The summed E-state index contributed by atoms with van der Waals surface area (Å²) in [6.45, 7) is 4.38. The van der Waals surface area contributed by atoms with E-state index in [4.69, 9.17) is 0 Å². The van der Waals surface area contributed by atoms with Gasteiger partial charge in [-0.05, 0) is 6.42 Å². The van der Waals surface area contributed by atoms with Crippen molar-refractivity contribution in [2.75, 3.05) is 7.05 Å². The molecule has 0 aromatic carbocycles. The van der Waals surface area contributed by atoms with Crippen molar-refractivity contribution in [2.24, 2.45) is 4.99 Å². The van der Waals surface area contributed by atoms with Gasteiger partial charge in [-0.25, -0.2) is 0 Å². The Morgan fingerprint density at radius 1 is 1.75 bits per heavy atom. The minimum Gasteiger partial charge on any atom is -0.290 e. The number of hydrogen-bond acceptors (Lipinski definition) is 2. The van der Waals surface area contributed by atoms with Crippen LogP contribution in [0.25, 0.3) is 0 Å². The lowest BCUT2D eigenvalue weighted by atomic mass is 10.4. The zero-order valence-corrected chi connectivity index (χ0v) is 6.53. The highest BCUT2D eigenvalue weighted by molar-refractivity contribution is 8.12. The summed E-state index contributed by atoms with van der Waals surface area (Å²) in [7, 11) is 1.80. The van der Waals surface area contributed by atoms with Gasteiger partial charge in [0.2, 0.25) is 0 Å². The molecule has 0 aromatic heterocycles. The molecule has 1 unspecified atom stereocenters. The van der Waals surface area contributed by atoms with E-state index in [1.165, 1.54) is 6.42 Å². The van der Waals surface area contributed by atoms with Gasteiger partial charge in [-0.2, -0.15) is 0 Å². The summed E-state index contributed by atoms with van der Waals surface area (Å²) in [6, 6.07) is 0. The van der Waals surface area contributed by atoms with Crippen molar-refractivity contribution in [1.82, 2.24) is 0 Å². The molecule has 0 spiro atoms. The molecule has 0 radical (unpaired) electrons. The number of thioether (sulfide) groups is 1. The molecule has 0 aromatic rings. The Kier molecular flexibility index (Phi) is 5.18. The summed E-state index contributed by atoms with van der Waals surface area (Å²) in [4.78, 5) is 3.86. The smallest absolute Gasteiger partial charge is 0.0540 e. The van der Waals surface area contributed by atoms with Gasteiger partial charge in [0.25, 0.3) is 0 Å². The van der Waals surface area contributed by atoms with Crippen LogP contribution < -0.4 is 0 Å². The second-order valence-electron chi connectivity index (χ2n) is 1.72. The minimum atomic E-state index is 0.721. The van der Waals surface area contributed by atoms with E-state index in [0.717, 1.165) is 5.25 Å². The zero-order valence-electron chi connectivity index (χ0n) is 5.72.